The monoisotopic (exact) mass is 708 g/mol. The molecule has 12 rings (SSSR count). The third-order valence-electron chi connectivity index (χ3n) is 13.5. The first-order chi connectivity index (χ1) is 26.2. The van der Waals surface area contributed by atoms with E-state index in [2.05, 4.69) is 181 Å². The molecule has 4 heterocycles. The SMILES string of the molecule is CC(C)(C)c1cc2c3c(c1)-n1c4cccc5c4c4c(ccc(c41)B3c1cc(C(C)(C)C)cc3c4cc(C(C)(C)C)ccc4n-2c13)-c1cccc2cccc-5c12. The zero-order valence-electron chi connectivity index (χ0n) is 33.4. The predicted molar refractivity (Wildman–Crippen MR) is 238 cm³/mol. The van der Waals surface area contributed by atoms with Gasteiger partial charge in [-0.05, 0) is 119 Å². The van der Waals surface area contributed by atoms with Crippen LogP contribution in [0.15, 0.2) is 109 Å². The quantitative estimate of drug-likeness (QED) is 0.139. The first kappa shape index (κ1) is 31.8. The molecule has 7 aromatic carbocycles. The lowest BCUT2D eigenvalue weighted by atomic mass is 9.34. The summed E-state index contributed by atoms with van der Waals surface area (Å²) in [5.74, 6) is 0. The minimum absolute atomic E-state index is 0.0131. The van der Waals surface area contributed by atoms with Crippen LogP contribution in [0.5, 0.6) is 0 Å². The summed E-state index contributed by atoms with van der Waals surface area (Å²) in [5, 5.41) is 8.16. The summed E-state index contributed by atoms with van der Waals surface area (Å²) < 4.78 is 5.32. The summed E-state index contributed by atoms with van der Waals surface area (Å²) in [5.41, 5.74) is 21.7. The van der Waals surface area contributed by atoms with Crippen LogP contribution in [0.25, 0.3) is 88.0 Å². The molecule has 2 aliphatic heterocycles. The minimum Gasteiger partial charge on any atom is -0.310 e. The number of hydrogen-bond donors (Lipinski definition) is 0. The van der Waals surface area contributed by atoms with Gasteiger partial charge in [0, 0.05) is 38.4 Å². The van der Waals surface area contributed by atoms with Crippen LogP contribution in [0.2, 0.25) is 0 Å². The molecule has 266 valence electrons. The van der Waals surface area contributed by atoms with Crippen molar-refractivity contribution >= 4 is 77.5 Å². The molecule has 55 heavy (non-hydrogen) atoms. The van der Waals surface area contributed by atoms with Crippen LogP contribution in [0, 0.1) is 0 Å². The summed E-state index contributed by atoms with van der Waals surface area (Å²) in [6.45, 7) is 21.3. The average molecular weight is 709 g/mol. The van der Waals surface area contributed by atoms with E-state index in [1.54, 1.807) is 0 Å². The Balaban J connectivity index is 1.32. The van der Waals surface area contributed by atoms with E-state index >= 15 is 0 Å². The molecule has 2 nitrogen and oxygen atoms in total. The molecule has 0 saturated carbocycles. The Bertz CT molecular complexity index is 3250. The fourth-order valence-corrected chi connectivity index (χ4v) is 10.7. The van der Waals surface area contributed by atoms with Crippen molar-refractivity contribution < 1.29 is 0 Å². The van der Waals surface area contributed by atoms with Gasteiger partial charge in [-0.3, -0.25) is 0 Å². The highest BCUT2D eigenvalue weighted by atomic mass is 15.0. The van der Waals surface area contributed by atoms with Crippen molar-refractivity contribution in [2.75, 3.05) is 0 Å². The summed E-state index contributed by atoms with van der Waals surface area (Å²) in [6, 6.07) is 43.2. The molecule has 0 atom stereocenters. The van der Waals surface area contributed by atoms with Crippen molar-refractivity contribution in [2.45, 2.75) is 78.6 Å². The molecular formula is C52H45BN2. The maximum atomic E-state index is 2.67. The second kappa shape index (κ2) is 9.82. The Kier molecular flexibility index (Phi) is 5.67. The first-order valence-electron chi connectivity index (χ1n) is 20.1. The molecule has 0 saturated heterocycles. The Hall–Kier alpha value is -5.54. The molecule has 0 amide bonds. The third kappa shape index (κ3) is 3.87. The Morgan fingerprint density at radius 2 is 0.982 bits per heavy atom. The van der Waals surface area contributed by atoms with Crippen molar-refractivity contribution in [2.24, 2.45) is 0 Å². The lowest BCUT2D eigenvalue weighted by Crippen LogP contribution is -2.59. The largest absolute Gasteiger partial charge is 0.310 e. The van der Waals surface area contributed by atoms with Crippen molar-refractivity contribution in [3.8, 4) is 33.6 Å². The van der Waals surface area contributed by atoms with Crippen LogP contribution in [0.3, 0.4) is 0 Å². The number of aromatic nitrogens is 2. The Labute approximate surface area is 323 Å². The molecule has 9 aromatic rings. The van der Waals surface area contributed by atoms with Gasteiger partial charge in [0.25, 0.3) is 6.71 Å². The van der Waals surface area contributed by atoms with Crippen LogP contribution in [0.1, 0.15) is 79.0 Å². The number of benzene rings is 7. The summed E-state index contributed by atoms with van der Waals surface area (Å²) in [4.78, 5) is 0. The second-order valence-electron chi connectivity index (χ2n) is 19.8. The van der Waals surface area contributed by atoms with Crippen molar-refractivity contribution in [1.29, 1.82) is 0 Å². The molecule has 0 radical (unpaired) electrons. The van der Waals surface area contributed by atoms with E-state index < -0.39 is 0 Å². The van der Waals surface area contributed by atoms with Gasteiger partial charge < -0.3 is 9.13 Å². The maximum Gasteiger partial charge on any atom is 0.252 e. The number of nitrogens with zero attached hydrogens (tertiary/aromatic N) is 2. The average Bonchev–Trinajstić information content (AvgIpc) is 3.63. The van der Waals surface area contributed by atoms with Gasteiger partial charge in [0.2, 0.25) is 0 Å². The number of hydrogen-bond acceptors (Lipinski definition) is 0. The van der Waals surface area contributed by atoms with Crippen LogP contribution >= 0.6 is 0 Å². The first-order valence-corrected chi connectivity index (χ1v) is 20.1. The van der Waals surface area contributed by atoms with Gasteiger partial charge >= 0.3 is 0 Å². The van der Waals surface area contributed by atoms with Gasteiger partial charge in [0.15, 0.2) is 0 Å². The highest BCUT2D eigenvalue weighted by molar-refractivity contribution is 7.00. The standard InChI is InChI=1S/C52H45BN2/c1-50(2,3)29-19-22-40-36(23-29)37-24-30(51(4,5)6)25-39-48(37)54(40)42-26-31(52(7,8)9)27-43-47(42)53(39)38-21-20-35-33-16-11-14-28-13-10-15-32(44(28)33)34-17-12-18-41-45(34)46(35)49(38)55(41)43/h10-27H,1-9H3. The molecule has 0 spiro atoms. The Morgan fingerprint density at radius 1 is 0.418 bits per heavy atom. The summed E-state index contributed by atoms with van der Waals surface area (Å²) in [6.07, 6.45) is 0. The number of rotatable bonds is 0. The van der Waals surface area contributed by atoms with E-state index in [0.717, 1.165) is 0 Å². The maximum absolute atomic E-state index is 2.67. The molecule has 3 aliphatic rings. The molecule has 0 bridgehead atoms. The fraction of sp³-hybridized carbons (Fsp3) is 0.231. The van der Waals surface area contributed by atoms with Gasteiger partial charge in [-0.15, -0.1) is 0 Å². The fourth-order valence-electron chi connectivity index (χ4n) is 10.7. The van der Waals surface area contributed by atoms with Gasteiger partial charge in [0.05, 0.1) is 16.6 Å². The van der Waals surface area contributed by atoms with Crippen molar-refractivity contribution in [1.82, 2.24) is 9.13 Å². The van der Waals surface area contributed by atoms with Gasteiger partial charge in [-0.25, -0.2) is 0 Å². The predicted octanol–water partition coefficient (Wildman–Crippen LogP) is 11.7. The number of fused-ring (bicyclic) bond motifs is 10. The van der Waals surface area contributed by atoms with Gasteiger partial charge in [-0.2, -0.15) is 0 Å². The molecule has 0 unspecified atom stereocenters. The van der Waals surface area contributed by atoms with E-state index in [9.17, 15) is 0 Å². The molecule has 2 aromatic heterocycles. The lowest BCUT2D eigenvalue weighted by molar-refractivity contribution is 0.589. The zero-order chi connectivity index (χ0) is 37.7. The van der Waals surface area contributed by atoms with Crippen LogP contribution in [0.4, 0.5) is 0 Å². The molecule has 3 heteroatoms. The minimum atomic E-state index is -0.0474. The molecule has 1 aliphatic carbocycles. The third-order valence-corrected chi connectivity index (χ3v) is 13.5. The topological polar surface area (TPSA) is 9.86 Å². The Morgan fingerprint density at radius 3 is 1.64 bits per heavy atom. The lowest BCUT2D eigenvalue weighted by Gasteiger charge is -2.36. The summed E-state index contributed by atoms with van der Waals surface area (Å²) >= 11 is 0. The van der Waals surface area contributed by atoms with Crippen LogP contribution in [-0.2, 0) is 16.2 Å². The van der Waals surface area contributed by atoms with E-state index in [4.69, 9.17) is 0 Å². The highest BCUT2D eigenvalue weighted by Gasteiger charge is 2.43. The molecule has 0 fully saturated rings. The second-order valence-corrected chi connectivity index (χ2v) is 19.8. The van der Waals surface area contributed by atoms with Gasteiger partial charge in [-0.1, -0.05) is 135 Å². The highest BCUT2D eigenvalue weighted by Crippen LogP contribution is 2.50. The van der Waals surface area contributed by atoms with Crippen molar-refractivity contribution in [3.63, 3.8) is 0 Å². The van der Waals surface area contributed by atoms with E-state index in [1.165, 1.54) is 121 Å². The smallest absolute Gasteiger partial charge is 0.252 e. The van der Waals surface area contributed by atoms with E-state index in [1.807, 2.05) is 0 Å². The molecule has 0 N–H and O–H groups in total. The van der Waals surface area contributed by atoms with Crippen LogP contribution in [-0.4, -0.2) is 15.8 Å². The van der Waals surface area contributed by atoms with Crippen LogP contribution < -0.4 is 16.4 Å². The van der Waals surface area contributed by atoms with E-state index in [-0.39, 0.29) is 23.0 Å². The summed E-state index contributed by atoms with van der Waals surface area (Å²) in [7, 11) is 0. The van der Waals surface area contributed by atoms with Gasteiger partial charge in [0.1, 0.15) is 0 Å². The van der Waals surface area contributed by atoms with Crippen molar-refractivity contribution in [3.05, 3.63) is 126 Å². The normalized spacial score (nSPS) is 14.2. The molecular weight excluding hydrogens is 663 g/mol. The zero-order valence-corrected chi connectivity index (χ0v) is 33.4. The van der Waals surface area contributed by atoms with E-state index in [0.29, 0.717) is 0 Å².